The molecular weight excluding hydrogens is 305 g/mol. The molecule has 0 heterocycles. The molecule has 0 aromatic heterocycles. The molecule has 1 saturated carbocycles. The number of hydrogen-bond donors (Lipinski definition) is 2. The Bertz CT molecular complexity index is 458. The van der Waals surface area contributed by atoms with Crippen molar-refractivity contribution in [3.05, 3.63) is 33.8 Å². The summed E-state index contributed by atoms with van der Waals surface area (Å²) in [5.74, 6) is 3.20. The molecule has 0 aliphatic heterocycles. The van der Waals surface area contributed by atoms with Crippen molar-refractivity contribution in [3.8, 4) is 0 Å². The summed E-state index contributed by atoms with van der Waals surface area (Å²) in [6.45, 7) is 0. The number of halogens is 4. The molecule has 1 unspecified atom stereocenters. The Morgan fingerprint density at radius 3 is 2.55 bits per heavy atom. The van der Waals surface area contributed by atoms with E-state index >= 15 is 0 Å². The third-order valence-electron chi connectivity index (χ3n) is 3.99. The lowest BCUT2D eigenvalue weighted by molar-refractivity contribution is -0.0495. The first-order valence-electron chi connectivity index (χ1n) is 6.69. The zero-order chi connectivity index (χ0) is 14.8. The van der Waals surface area contributed by atoms with Crippen LogP contribution in [0.1, 0.15) is 31.2 Å². The van der Waals surface area contributed by atoms with Crippen molar-refractivity contribution in [1.82, 2.24) is 5.43 Å². The van der Waals surface area contributed by atoms with Crippen LogP contribution in [0.25, 0.3) is 0 Å². The van der Waals surface area contributed by atoms with Crippen LogP contribution in [0.2, 0.25) is 10.0 Å². The standard InChI is InChI=1S/C14H18Cl2F2N2/c15-11-1-2-12(16)10(7-11)8-13(20-19)9-3-5-14(17,18)6-4-9/h1-2,7,9,13,20H,3-6,8,19H2. The maximum atomic E-state index is 13.2. The highest BCUT2D eigenvalue weighted by Gasteiger charge is 2.37. The molecule has 1 fully saturated rings. The topological polar surface area (TPSA) is 38.0 Å². The first-order valence-corrected chi connectivity index (χ1v) is 7.45. The molecule has 1 aliphatic carbocycles. The number of alkyl halides is 2. The fourth-order valence-electron chi connectivity index (χ4n) is 2.76. The van der Waals surface area contributed by atoms with Gasteiger partial charge in [-0.05, 0) is 48.9 Å². The molecule has 0 radical (unpaired) electrons. The third kappa shape index (κ3) is 4.04. The second-order valence-electron chi connectivity index (χ2n) is 5.41. The fraction of sp³-hybridized carbons (Fsp3) is 0.571. The maximum Gasteiger partial charge on any atom is 0.248 e. The largest absolute Gasteiger partial charge is 0.271 e. The van der Waals surface area contributed by atoms with E-state index in [9.17, 15) is 8.78 Å². The van der Waals surface area contributed by atoms with E-state index in [1.54, 1.807) is 18.2 Å². The summed E-state index contributed by atoms with van der Waals surface area (Å²) in [5.41, 5.74) is 3.64. The van der Waals surface area contributed by atoms with Gasteiger partial charge in [-0.3, -0.25) is 11.3 Å². The van der Waals surface area contributed by atoms with Gasteiger partial charge in [-0.2, -0.15) is 0 Å². The molecule has 2 nitrogen and oxygen atoms in total. The Balaban J connectivity index is 2.04. The SMILES string of the molecule is NNC(Cc1cc(Cl)ccc1Cl)C1CCC(F)(F)CC1. The van der Waals surface area contributed by atoms with E-state index in [1.165, 1.54) is 0 Å². The quantitative estimate of drug-likeness (QED) is 0.644. The van der Waals surface area contributed by atoms with Crippen molar-refractivity contribution < 1.29 is 8.78 Å². The van der Waals surface area contributed by atoms with Gasteiger partial charge in [0.05, 0.1) is 0 Å². The van der Waals surface area contributed by atoms with E-state index in [1.807, 2.05) is 0 Å². The second-order valence-corrected chi connectivity index (χ2v) is 6.25. The molecule has 6 heteroatoms. The normalized spacial score (nSPS) is 20.9. The van der Waals surface area contributed by atoms with Crippen LogP contribution in [0.3, 0.4) is 0 Å². The van der Waals surface area contributed by atoms with Crippen LogP contribution < -0.4 is 11.3 Å². The smallest absolute Gasteiger partial charge is 0.248 e. The first kappa shape index (κ1) is 16.0. The monoisotopic (exact) mass is 322 g/mol. The minimum absolute atomic E-state index is 0.0675. The molecule has 1 aliphatic rings. The number of rotatable bonds is 4. The maximum absolute atomic E-state index is 13.2. The van der Waals surface area contributed by atoms with Gasteiger partial charge in [0, 0.05) is 28.9 Å². The molecule has 3 N–H and O–H groups in total. The Morgan fingerprint density at radius 1 is 1.30 bits per heavy atom. The Kier molecular flexibility index (Phi) is 5.24. The van der Waals surface area contributed by atoms with Gasteiger partial charge in [-0.1, -0.05) is 23.2 Å². The summed E-state index contributed by atoms with van der Waals surface area (Å²) in [4.78, 5) is 0. The average Bonchev–Trinajstić information content (AvgIpc) is 2.40. The lowest BCUT2D eigenvalue weighted by atomic mass is 9.80. The van der Waals surface area contributed by atoms with Crippen molar-refractivity contribution in [3.63, 3.8) is 0 Å². The van der Waals surface area contributed by atoms with Gasteiger partial charge in [-0.25, -0.2) is 8.78 Å². The zero-order valence-electron chi connectivity index (χ0n) is 11.0. The number of nitrogens with one attached hydrogen (secondary N) is 1. The van der Waals surface area contributed by atoms with E-state index in [-0.39, 0.29) is 24.8 Å². The van der Waals surface area contributed by atoms with E-state index in [2.05, 4.69) is 5.43 Å². The molecule has 1 aromatic carbocycles. The van der Waals surface area contributed by atoms with Crippen molar-refractivity contribution in [2.45, 2.75) is 44.1 Å². The van der Waals surface area contributed by atoms with E-state index < -0.39 is 5.92 Å². The molecule has 0 bridgehead atoms. The van der Waals surface area contributed by atoms with E-state index in [4.69, 9.17) is 29.0 Å². The summed E-state index contributed by atoms with van der Waals surface area (Å²) < 4.78 is 26.4. The lowest BCUT2D eigenvalue weighted by Crippen LogP contribution is -2.44. The molecule has 20 heavy (non-hydrogen) atoms. The molecule has 0 amide bonds. The number of hydrazine groups is 1. The molecule has 2 rings (SSSR count). The van der Waals surface area contributed by atoms with Gasteiger partial charge in [0.15, 0.2) is 0 Å². The molecule has 1 atom stereocenters. The molecule has 112 valence electrons. The predicted molar refractivity (Wildman–Crippen MR) is 78.2 cm³/mol. The highest BCUT2D eigenvalue weighted by atomic mass is 35.5. The van der Waals surface area contributed by atoms with E-state index in [0.717, 1.165) is 5.56 Å². The molecule has 0 spiro atoms. The molecule has 1 aromatic rings. The fourth-order valence-corrected chi connectivity index (χ4v) is 3.15. The molecule has 0 saturated heterocycles. The van der Waals surface area contributed by atoms with Gasteiger partial charge in [-0.15, -0.1) is 0 Å². The third-order valence-corrected chi connectivity index (χ3v) is 4.60. The van der Waals surface area contributed by atoms with Crippen LogP contribution in [-0.2, 0) is 6.42 Å². The highest BCUT2D eigenvalue weighted by Crippen LogP contribution is 2.38. The van der Waals surface area contributed by atoms with Crippen LogP contribution in [0.4, 0.5) is 8.78 Å². The highest BCUT2D eigenvalue weighted by molar-refractivity contribution is 6.33. The minimum atomic E-state index is -2.52. The van der Waals surface area contributed by atoms with Crippen molar-refractivity contribution in [2.24, 2.45) is 11.8 Å². The average molecular weight is 323 g/mol. The van der Waals surface area contributed by atoms with Crippen molar-refractivity contribution >= 4 is 23.2 Å². The predicted octanol–water partition coefficient (Wildman–Crippen LogP) is 4.19. The van der Waals surface area contributed by atoms with Crippen molar-refractivity contribution in [1.29, 1.82) is 0 Å². The summed E-state index contributed by atoms with van der Waals surface area (Å²) in [5, 5.41) is 1.23. The van der Waals surface area contributed by atoms with Gasteiger partial charge < -0.3 is 0 Å². The minimum Gasteiger partial charge on any atom is -0.271 e. The summed E-state index contributed by atoms with van der Waals surface area (Å²) in [6.07, 6.45) is 1.39. The van der Waals surface area contributed by atoms with Gasteiger partial charge in [0.1, 0.15) is 0 Å². The summed E-state index contributed by atoms with van der Waals surface area (Å²) in [6, 6.07) is 5.19. The Morgan fingerprint density at radius 2 is 1.95 bits per heavy atom. The van der Waals surface area contributed by atoms with Crippen LogP contribution >= 0.6 is 23.2 Å². The first-order chi connectivity index (χ1) is 9.41. The lowest BCUT2D eigenvalue weighted by Gasteiger charge is -2.33. The number of nitrogens with two attached hydrogens (primary N) is 1. The van der Waals surface area contributed by atoms with Crippen molar-refractivity contribution in [2.75, 3.05) is 0 Å². The van der Waals surface area contributed by atoms with Gasteiger partial charge in [0.25, 0.3) is 0 Å². The second kappa shape index (κ2) is 6.56. The summed E-state index contributed by atoms with van der Waals surface area (Å²) >= 11 is 12.1. The van der Waals surface area contributed by atoms with Crippen LogP contribution in [0.15, 0.2) is 18.2 Å². The Labute approximate surface area is 127 Å². The van der Waals surface area contributed by atoms with Crippen LogP contribution in [0.5, 0.6) is 0 Å². The van der Waals surface area contributed by atoms with E-state index in [0.29, 0.717) is 29.3 Å². The zero-order valence-corrected chi connectivity index (χ0v) is 12.5. The number of hydrogen-bond acceptors (Lipinski definition) is 2. The summed E-state index contributed by atoms with van der Waals surface area (Å²) in [7, 11) is 0. The molecular formula is C14H18Cl2F2N2. The van der Waals surface area contributed by atoms with Crippen LogP contribution in [0, 0.1) is 5.92 Å². The van der Waals surface area contributed by atoms with Gasteiger partial charge >= 0.3 is 0 Å². The Hall–Kier alpha value is -0.420. The number of benzene rings is 1. The van der Waals surface area contributed by atoms with Gasteiger partial charge in [0.2, 0.25) is 5.92 Å². The van der Waals surface area contributed by atoms with Crippen LogP contribution in [-0.4, -0.2) is 12.0 Å².